The highest BCUT2D eigenvalue weighted by atomic mass is 79.9. The smallest absolute Gasteiger partial charge is 0.489 e. The van der Waals surface area contributed by atoms with Gasteiger partial charge in [0.2, 0.25) is 0 Å². The number of fused-ring (bicyclic) bond motifs is 8. The first kappa shape index (κ1) is 61.5. The van der Waals surface area contributed by atoms with E-state index in [4.69, 9.17) is 18.3 Å². The Hall–Kier alpha value is -10.7. The van der Waals surface area contributed by atoms with Crippen molar-refractivity contribution < 1.29 is 38.4 Å². The van der Waals surface area contributed by atoms with E-state index in [1.54, 1.807) is 32.4 Å². The van der Waals surface area contributed by atoms with Gasteiger partial charge in [0.25, 0.3) is 0 Å². The lowest BCUT2D eigenvalue weighted by Crippen LogP contribution is -2.34. The van der Waals surface area contributed by atoms with E-state index in [0.717, 1.165) is 120 Å². The molecule has 16 aromatic rings. The molecule has 0 fully saturated rings. The summed E-state index contributed by atoms with van der Waals surface area (Å²) in [6, 6.07) is 97.7. The van der Waals surface area contributed by atoms with Gasteiger partial charge < -0.3 is 48.2 Å². The molecule has 0 saturated carbocycles. The zero-order valence-electron chi connectivity index (χ0n) is 51.9. The second-order valence-electron chi connectivity index (χ2n) is 23.4. The van der Waals surface area contributed by atoms with Gasteiger partial charge in [-0.2, -0.15) is 0 Å². The predicted molar refractivity (Wildman–Crippen MR) is 402 cm³/mol. The third-order valence-electron chi connectivity index (χ3n) is 17.6. The van der Waals surface area contributed by atoms with E-state index in [-0.39, 0.29) is 10.9 Å². The summed E-state index contributed by atoms with van der Waals surface area (Å²) >= 11 is 7.80. The van der Waals surface area contributed by atoms with Gasteiger partial charge in [-0.1, -0.05) is 198 Å². The van der Waals surface area contributed by atoms with Crippen LogP contribution in [0.5, 0.6) is 11.5 Å². The van der Waals surface area contributed by atoms with Crippen molar-refractivity contribution in [1.82, 2.24) is 0 Å². The second-order valence-corrected chi connectivity index (χ2v) is 25.1. The average molecular weight is 1380 g/mol. The summed E-state index contributed by atoms with van der Waals surface area (Å²) in [5.74, 6) is 1.44. The van der Waals surface area contributed by atoms with Crippen LogP contribution in [-0.2, 0) is 0 Å². The van der Waals surface area contributed by atoms with Crippen LogP contribution in [0.15, 0.2) is 309 Å². The van der Waals surface area contributed by atoms with E-state index in [2.05, 4.69) is 188 Å². The van der Waals surface area contributed by atoms with Crippen molar-refractivity contribution in [2.45, 2.75) is 0 Å². The van der Waals surface area contributed by atoms with Crippen molar-refractivity contribution in [2.75, 3.05) is 24.0 Å². The van der Waals surface area contributed by atoms with Gasteiger partial charge in [-0.3, -0.25) is 0 Å². The summed E-state index contributed by atoms with van der Waals surface area (Å²) in [5, 5.41) is 50.2. The average Bonchev–Trinajstić information content (AvgIpc) is 1.57. The molecule has 0 atom stereocenters. The second kappa shape index (κ2) is 26.3. The molecular weight excluding hydrogens is 1320 g/mol. The van der Waals surface area contributed by atoms with Crippen molar-refractivity contribution in [3.8, 4) is 56.0 Å². The van der Waals surface area contributed by atoms with Gasteiger partial charge in [-0.25, -0.2) is 0 Å². The van der Waals surface area contributed by atoms with Crippen molar-refractivity contribution in [1.29, 1.82) is 0 Å². The summed E-state index contributed by atoms with van der Waals surface area (Å²) in [6.45, 7) is 0. The molecule has 14 aromatic carbocycles. The van der Waals surface area contributed by atoms with E-state index in [1.807, 2.05) is 126 Å². The number of furan rings is 2. The Kier molecular flexibility index (Phi) is 16.8. The van der Waals surface area contributed by atoms with E-state index in [1.165, 1.54) is 10.8 Å². The van der Waals surface area contributed by atoms with Crippen molar-refractivity contribution in [3.63, 3.8) is 0 Å². The molecule has 16 rings (SSSR count). The van der Waals surface area contributed by atoms with Gasteiger partial charge in [-0.15, -0.1) is 0 Å². The van der Waals surface area contributed by atoms with Gasteiger partial charge >= 0.3 is 14.2 Å². The largest absolute Gasteiger partial charge is 0.497 e. The molecule has 0 radical (unpaired) electrons. The fraction of sp³-hybridized carbons (Fsp3) is 0.0244. The summed E-state index contributed by atoms with van der Waals surface area (Å²) in [5.41, 5.74) is 16.0. The molecule has 464 valence electrons. The van der Waals surface area contributed by atoms with Gasteiger partial charge in [0, 0.05) is 94.3 Å². The quantitative estimate of drug-likeness (QED) is 0.0781. The van der Waals surface area contributed by atoms with Crippen molar-refractivity contribution in [3.05, 3.63) is 300 Å². The minimum Gasteiger partial charge on any atom is -0.497 e. The zero-order valence-corrected chi connectivity index (χ0v) is 55.1. The summed E-state index contributed by atoms with van der Waals surface area (Å²) in [7, 11) is -0.433. The third-order valence-corrected chi connectivity index (χ3v) is 18.9. The number of anilines is 6. The fourth-order valence-corrected chi connectivity index (χ4v) is 14.2. The topological polar surface area (TPSA) is 132 Å². The molecule has 2 heterocycles. The Bertz CT molecular complexity index is 5610. The summed E-state index contributed by atoms with van der Waals surface area (Å²) in [6.07, 6.45) is 0. The molecule has 0 bridgehead atoms. The van der Waals surface area contributed by atoms with Crippen molar-refractivity contribution >= 4 is 157 Å². The van der Waals surface area contributed by atoms with Crippen LogP contribution < -0.4 is 30.2 Å². The molecule has 2 aromatic heterocycles. The van der Waals surface area contributed by atoms with Crippen LogP contribution in [0.1, 0.15) is 0 Å². The standard InChI is InChI=1S/C41H31B2NO6.C41H27Br2NO2/c1-49-34-16-8-15-32(23-34)44(31-14-7-13-29(22-31)26-9-3-2-4-10-26)33-24-37(43(47)48)39-38(25-33)50-41-35(19-20-36(40(39)41)42(45)46)30-18-17-27-11-5-6-12-28(27)21-30;1-45-34-16-8-15-32(23-34)44(31-14-7-13-29(22-31)26-9-3-2-4-10-26)33-24-37(43)39-38(25-33)46-41-35(19-20-36(42)40(39)41)30-18-17-27-11-5-6-12-28(27)21-30/h2-25,45-48H,1H3;2-25H,1H3. The number of benzene rings is 14. The molecule has 0 spiro atoms. The first-order valence-corrected chi connectivity index (χ1v) is 32.8. The van der Waals surface area contributed by atoms with Gasteiger partial charge in [-0.05, 0) is 167 Å². The molecule has 4 N–H and O–H groups in total. The highest BCUT2D eigenvalue weighted by molar-refractivity contribution is 9.11. The van der Waals surface area contributed by atoms with Gasteiger partial charge in [0.1, 0.15) is 33.8 Å². The molecule has 0 aliphatic rings. The Morgan fingerprint density at radius 1 is 0.302 bits per heavy atom. The Morgan fingerprint density at radius 3 is 1.23 bits per heavy atom. The van der Waals surface area contributed by atoms with Gasteiger partial charge in [0.05, 0.1) is 19.9 Å². The van der Waals surface area contributed by atoms with Crippen LogP contribution in [0.4, 0.5) is 34.1 Å². The normalized spacial score (nSPS) is 11.3. The van der Waals surface area contributed by atoms with E-state index < -0.39 is 14.2 Å². The number of methoxy groups -OCH3 is 2. The van der Waals surface area contributed by atoms with Crippen LogP contribution in [0, 0.1) is 0 Å². The molecule has 0 aliphatic carbocycles. The molecule has 96 heavy (non-hydrogen) atoms. The maximum Gasteiger partial charge on any atom is 0.489 e. The maximum absolute atomic E-state index is 10.9. The highest BCUT2D eigenvalue weighted by Crippen LogP contribution is 2.48. The lowest BCUT2D eigenvalue weighted by Gasteiger charge is -2.27. The zero-order chi connectivity index (χ0) is 65.6. The van der Waals surface area contributed by atoms with Gasteiger partial charge in [0.15, 0.2) is 0 Å². The Balaban J connectivity index is 0.000000158. The number of hydrogen-bond donors (Lipinski definition) is 4. The number of nitrogens with zero attached hydrogens (tertiary/aromatic N) is 2. The minimum atomic E-state index is -1.91. The summed E-state index contributed by atoms with van der Waals surface area (Å²) in [4.78, 5) is 4.24. The SMILES string of the molecule is COc1cccc(N(c2cccc(-c3ccccc3)c2)c2cc(B(O)O)c3c(c2)oc2c(-c4ccc5ccccc5c4)ccc(B(O)O)c23)c1.COc1cccc(N(c2cccc(-c3ccccc3)c2)c2cc(Br)c3c(c2)oc2c(-c4ccc5ccccc5c4)ccc(Br)c23)c1. The lowest BCUT2D eigenvalue weighted by atomic mass is 9.72. The maximum atomic E-state index is 10.9. The molecule has 0 amide bonds. The van der Waals surface area contributed by atoms with E-state index >= 15 is 0 Å². The van der Waals surface area contributed by atoms with E-state index in [9.17, 15) is 20.1 Å². The molecule has 14 heteroatoms. The molecule has 0 unspecified atom stereocenters. The molecule has 10 nitrogen and oxygen atoms in total. The van der Waals surface area contributed by atoms with Crippen LogP contribution in [0.25, 0.3) is 110 Å². The highest BCUT2D eigenvalue weighted by Gasteiger charge is 2.30. The first-order chi connectivity index (χ1) is 47.0. The Labute approximate surface area is 571 Å². The van der Waals surface area contributed by atoms with Crippen LogP contribution in [0.3, 0.4) is 0 Å². The fourth-order valence-electron chi connectivity index (χ4n) is 13.1. The first-order valence-electron chi connectivity index (χ1n) is 31.2. The van der Waals surface area contributed by atoms with Crippen LogP contribution in [0.2, 0.25) is 0 Å². The number of hydrogen-bond acceptors (Lipinski definition) is 10. The molecule has 0 saturated heterocycles. The number of rotatable bonds is 14. The lowest BCUT2D eigenvalue weighted by molar-refractivity contribution is 0.415. The van der Waals surface area contributed by atoms with Crippen LogP contribution >= 0.6 is 31.9 Å². The monoisotopic (exact) mass is 1380 g/mol. The van der Waals surface area contributed by atoms with Crippen molar-refractivity contribution in [2.24, 2.45) is 0 Å². The summed E-state index contributed by atoms with van der Waals surface area (Å²) < 4.78 is 26.6. The third kappa shape index (κ3) is 11.7. The van der Waals surface area contributed by atoms with E-state index in [0.29, 0.717) is 33.4 Å². The van der Waals surface area contributed by atoms with Crippen LogP contribution in [-0.4, -0.2) is 48.6 Å². The Morgan fingerprint density at radius 2 is 0.729 bits per heavy atom. The number of halogens is 2. The molecular formula is C82H58B2Br2N2O8. The molecule has 0 aliphatic heterocycles. The predicted octanol–water partition coefficient (Wildman–Crippen LogP) is 20.0. The number of ether oxygens (including phenoxy) is 2. The minimum absolute atomic E-state index is 0.154.